The Morgan fingerprint density at radius 1 is 1.48 bits per heavy atom. The van der Waals surface area contributed by atoms with E-state index in [1.54, 1.807) is 0 Å². The van der Waals surface area contributed by atoms with Crippen LogP contribution in [-0.2, 0) is 11.3 Å². The number of nitrogens with zero attached hydrogens (tertiary/aromatic N) is 4. The minimum atomic E-state index is -0.194. The lowest BCUT2D eigenvalue weighted by Gasteiger charge is -2.16. The van der Waals surface area contributed by atoms with Gasteiger partial charge in [0.15, 0.2) is 0 Å². The molecular formula is C15H17N5O. The normalized spacial score (nSPS) is 10.4. The number of aryl methyl sites for hydroxylation is 1. The summed E-state index contributed by atoms with van der Waals surface area (Å²) in [6.07, 6.45) is 1.37. The fourth-order valence-corrected chi connectivity index (χ4v) is 2.09. The van der Waals surface area contributed by atoms with Crippen molar-refractivity contribution in [2.75, 3.05) is 5.32 Å². The third kappa shape index (κ3) is 3.45. The van der Waals surface area contributed by atoms with E-state index in [1.807, 2.05) is 31.2 Å². The average molecular weight is 283 g/mol. The van der Waals surface area contributed by atoms with Crippen LogP contribution in [-0.4, -0.2) is 20.7 Å². The van der Waals surface area contributed by atoms with Crippen molar-refractivity contribution in [3.05, 3.63) is 41.5 Å². The molecular weight excluding hydrogens is 266 g/mol. The number of hydrogen-bond donors (Lipinski definition) is 1. The van der Waals surface area contributed by atoms with E-state index in [0.29, 0.717) is 5.92 Å². The lowest BCUT2D eigenvalue weighted by Crippen LogP contribution is -2.20. The second-order valence-corrected chi connectivity index (χ2v) is 5.12. The maximum Gasteiger partial charge on any atom is 0.252 e. The van der Waals surface area contributed by atoms with Crippen LogP contribution in [0.1, 0.15) is 36.7 Å². The Balaban J connectivity index is 2.15. The molecule has 0 spiro atoms. The molecule has 0 aliphatic heterocycles. The van der Waals surface area contributed by atoms with Gasteiger partial charge in [-0.1, -0.05) is 32.0 Å². The van der Waals surface area contributed by atoms with Crippen LogP contribution in [0.5, 0.6) is 0 Å². The number of anilines is 1. The number of nitrogens with one attached hydrogen (secondary N) is 1. The van der Waals surface area contributed by atoms with E-state index < -0.39 is 0 Å². The molecule has 0 aliphatic carbocycles. The fourth-order valence-electron chi connectivity index (χ4n) is 2.09. The summed E-state index contributed by atoms with van der Waals surface area (Å²) < 4.78 is 1.35. The summed E-state index contributed by atoms with van der Waals surface area (Å²) in [5, 5.41) is 15.5. The topological polar surface area (TPSA) is 83.6 Å². The molecule has 6 heteroatoms. The quantitative estimate of drug-likeness (QED) is 0.932. The molecule has 108 valence electrons. The van der Waals surface area contributed by atoms with Gasteiger partial charge in [-0.25, -0.2) is 9.67 Å². The smallest absolute Gasteiger partial charge is 0.252 e. The predicted molar refractivity (Wildman–Crippen MR) is 78.6 cm³/mol. The van der Waals surface area contributed by atoms with Gasteiger partial charge < -0.3 is 5.32 Å². The van der Waals surface area contributed by atoms with Crippen molar-refractivity contribution in [3.63, 3.8) is 0 Å². The van der Waals surface area contributed by atoms with E-state index in [9.17, 15) is 4.79 Å². The minimum Gasteiger partial charge on any atom is -0.324 e. The number of para-hydroxylation sites is 1. The lowest BCUT2D eigenvalue weighted by atomic mass is 9.98. The van der Waals surface area contributed by atoms with Crippen molar-refractivity contribution in [1.29, 1.82) is 5.26 Å². The van der Waals surface area contributed by atoms with E-state index in [1.165, 1.54) is 11.0 Å². The van der Waals surface area contributed by atoms with Crippen molar-refractivity contribution in [2.45, 2.75) is 33.2 Å². The molecule has 0 saturated heterocycles. The molecule has 2 aromatic rings. The maximum absolute atomic E-state index is 12.1. The number of carbonyl (C=O) groups is 1. The molecule has 1 aromatic carbocycles. The molecule has 1 heterocycles. The van der Waals surface area contributed by atoms with Gasteiger partial charge in [-0.05, 0) is 24.0 Å². The number of benzene rings is 1. The van der Waals surface area contributed by atoms with Gasteiger partial charge in [0.25, 0.3) is 5.82 Å². The van der Waals surface area contributed by atoms with Gasteiger partial charge in [-0.2, -0.15) is 5.26 Å². The SMILES string of the molecule is Cc1cccc(C(C)C)c1NC(=O)Cn1cnc(C#N)n1. The third-order valence-electron chi connectivity index (χ3n) is 3.13. The van der Waals surface area contributed by atoms with E-state index >= 15 is 0 Å². The highest BCUT2D eigenvalue weighted by atomic mass is 16.2. The zero-order valence-electron chi connectivity index (χ0n) is 12.3. The van der Waals surface area contributed by atoms with Crippen LogP contribution in [0.25, 0.3) is 0 Å². The standard InChI is InChI=1S/C15H17N5O/c1-10(2)12-6-4-5-11(3)15(12)18-14(21)8-20-9-17-13(7-16)19-20/h4-6,9-10H,8H2,1-3H3,(H,18,21). The summed E-state index contributed by atoms with van der Waals surface area (Å²) in [6, 6.07) is 7.79. The predicted octanol–water partition coefficient (Wildman–Crippen LogP) is 2.22. The monoisotopic (exact) mass is 283 g/mol. The average Bonchev–Trinajstić information content (AvgIpc) is 2.88. The van der Waals surface area contributed by atoms with Gasteiger partial charge in [0.2, 0.25) is 5.91 Å². The summed E-state index contributed by atoms with van der Waals surface area (Å²) in [7, 11) is 0. The number of aromatic nitrogens is 3. The molecule has 21 heavy (non-hydrogen) atoms. The highest BCUT2D eigenvalue weighted by Gasteiger charge is 2.13. The minimum absolute atomic E-state index is 0.0283. The summed E-state index contributed by atoms with van der Waals surface area (Å²) in [4.78, 5) is 15.9. The van der Waals surface area contributed by atoms with Crippen LogP contribution >= 0.6 is 0 Å². The molecule has 0 aliphatic rings. The van der Waals surface area contributed by atoms with E-state index in [0.717, 1.165) is 16.8 Å². The molecule has 0 atom stereocenters. The number of amides is 1. The number of carbonyl (C=O) groups excluding carboxylic acids is 1. The molecule has 0 fully saturated rings. The van der Waals surface area contributed by atoms with Crippen LogP contribution in [0.2, 0.25) is 0 Å². The van der Waals surface area contributed by atoms with Gasteiger partial charge in [-0.3, -0.25) is 4.79 Å². The van der Waals surface area contributed by atoms with Crippen molar-refractivity contribution in [1.82, 2.24) is 14.8 Å². The number of rotatable bonds is 4. The van der Waals surface area contributed by atoms with Crippen molar-refractivity contribution in [3.8, 4) is 6.07 Å². The van der Waals surface area contributed by atoms with E-state index in [-0.39, 0.29) is 18.3 Å². The van der Waals surface area contributed by atoms with Crippen LogP contribution in [0.15, 0.2) is 24.5 Å². The molecule has 1 aromatic heterocycles. The van der Waals surface area contributed by atoms with Crippen molar-refractivity contribution < 1.29 is 4.79 Å². The Bertz CT molecular complexity index is 696. The van der Waals surface area contributed by atoms with Crippen molar-refractivity contribution >= 4 is 11.6 Å². The number of hydrogen-bond acceptors (Lipinski definition) is 4. The Morgan fingerprint density at radius 3 is 2.86 bits per heavy atom. The highest BCUT2D eigenvalue weighted by Crippen LogP contribution is 2.27. The molecule has 0 bridgehead atoms. The van der Waals surface area contributed by atoms with Gasteiger partial charge >= 0.3 is 0 Å². The first kappa shape index (κ1) is 14.7. The van der Waals surface area contributed by atoms with E-state index in [4.69, 9.17) is 5.26 Å². The Kier molecular flexibility index (Phi) is 4.33. The van der Waals surface area contributed by atoms with Crippen molar-refractivity contribution in [2.24, 2.45) is 0 Å². The second kappa shape index (κ2) is 6.18. The first-order chi connectivity index (χ1) is 10.0. The molecule has 0 unspecified atom stereocenters. The number of nitriles is 1. The summed E-state index contributed by atoms with van der Waals surface area (Å²) in [6.45, 7) is 6.16. The van der Waals surface area contributed by atoms with Gasteiger partial charge in [0.05, 0.1) is 0 Å². The Labute approximate surface area is 123 Å². The van der Waals surface area contributed by atoms with Gasteiger partial charge in [0, 0.05) is 5.69 Å². The molecule has 6 nitrogen and oxygen atoms in total. The zero-order valence-corrected chi connectivity index (χ0v) is 12.3. The van der Waals surface area contributed by atoms with E-state index in [2.05, 4.69) is 29.2 Å². The first-order valence-electron chi connectivity index (χ1n) is 6.70. The van der Waals surface area contributed by atoms with Crippen LogP contribution in [0.4, 0.5) is 5.69 Å². The second-order valence-electron chi connectivity index (χ2n) is 5.12. The molecule has 2 rings (SSSR count). The zero-order chi connectivity index (χ0) is 15.4. The molecule has 0 radical (unpaired) electrons. The molecule has 1 N–H and O–H groups in total. The molecule has 1 amide bonds. The summed E-state index contributed by atoms with van der Waals surface area (Å²) in [5.74, 6) is 0.180. The highest BCUT2D eigenvalue weighted by molar-refractivity contribution is 5.92. The van der Waals surface area contributed by atoms with Gasteiger partial charge in [-0.15, -0.1) is 5.10 Å². The third-order valence-corrected chi connectivity index (χ3v) is 3.13. The maximum atomic E-state index is 12.1. The summed E-state index contributed by atoms with van der Waals surface area (Å²) in [5.41, 5.74) is 2.96. The molecule has 0 saturated carbocycles. The summed E-state index contributed by atoms with van der Waals surface area (Å²) >= 11 is 0. The van der Waals surface area contributed by atoms with Crippen LogP contribution < -0.4 is 5.32 Å². The lowest BCUT2D eigenvalue weighted by molar-refractivity contribution is -0.116. The Hall–Kier alpha value is -2.68. The fraction of sp³-hybridized carbons (Fsp3) is 0.333. The largest absolute Gasteiger partial charge is 0.324 e. The van der Waals surface area contributed by atoms with Crippen LogP contribution in [0.3, 0.4) is 0 Å². The van der Waals surface area contributed by atoms with Crippen LogP contribution in [0, 0.1) is 18.3 Å². The Morgan fingerprint density at radius 2 is 2.24 bits per heavy atom. The first-order valence-corrected chi connectivity index (χ1v) is 6.70. The van der Waals surface area contributed by atoms with Gasteiger partial charge in [0.1, 0.15) is 18.9 Å².